The number of pyridine rings is 1. The van der Waals surface area contributed by atoms with Crippen molar-refractivity contribution in [2.24, 2.45) is 0 Å². The third kappa shape index (κ3) is 4.59. The van der Waals surface area contributed by atoms with Gasteiger partial charge >= 0.3 is 0 Å². The quantitative estimate of drug-likeness (QED) is 0.715. The molecule has 0 aliphatic rings. The number of nitrogens with one attached hydrogen (secondary N) is 1. The summed E-state index contributed by atoms with van der Waals surface area (Å²) in [5.41, 5.74) is 1.88. The molecule has 0 aliphatic heterocycles. The van der Waals surface area contributed by atoms with Crippen molar-refractivity contribution < 1.29 is 4.39 Å². The van der Waals surface area contributed by atoms with Crippen LogP contribution in [0.4, 0.5) is 4.39 Å². The molecule has 1 unspecified atom stereocenters. The number of aromatic nitrogens is 1. The van der Waals surface area contributed by atoms with Crippen molar-refractivity contribution in [3.05, 3.63) is 62.5 Å². The fourth-order valence-corrected chi connectivity index (χ4v) is 3.10. The van der Waals surface area contributed by atoms with Crippen molar-refractivity contribution in [1.29, 1.82) is 0 Å². The van der Waals surface area contributed by atoms with E-state index in [4.69, 9.17) is 0 Å². The lowest BCUT2D eigenvalue weighted by atomic mass is 10.0. The summed E-state index contributed by atoms with van der Waals surface area (Å²) in [6.45, 7) is 3.01. The molecule has 0 fully saturated rings. The Morgan fingerprint density at radius 3 is 2.76 bits per heavy atom. The van der Waals surface area contributed by atoms with Crippen molar-refractivity contribution in [3.63, 3.8) is 0 Å². The molecular weight excluding hydrogens is 399 g/mol. The Hall–Kier alpha value is -0.780. The smallest absolute Gasteiger partial charge is 0.123 e. The number of nitrogens with zero attached hydrogens (tertiary/aromatic N) is 1. The molecule has 0 bridgehead atoms. The van der Waals surface area contributed by atoms with E-state index < -0.39 is 0 Å². The van der Waals surface area contributed by atoms with Gasteiger partial charge in [-0.3, -0.25) is 4.98 Å². The molecule has 1 aromatic carbocycles. The maximum atomic E-state index is 13.5. The Morgan fingerprint density at radius 1 is 1.24 bits per heavy atom. The zero-order chi connectivity index (χ0) is 15.2. The van der Waals surface area contributed by atoms with Crippen LogP contribution in [0, 0.1) is 5.82 Å². The molecule has 21 heavy (non-hydrogen) atoms. The molecule has 0 radical (unpaired) electrons. The van der Waals surface area contributed by atoms with Gasteiger partial charge in [-0.2, -0.15) is 0 Å². The van der Waals surface area contributed by atoms with E-state index in [1.807, 2.05) is 12.1 Å². The molecule has 1 N–H and O–H groups in total. The lowest BCUT2D eigenvalue weighted by Crippen LogP contribution is -2.25. The first-order chi connectivity index (χ1) is 10.1. The highest BCUT2D eigenvalue weighted by atomic mass is 79.9. The SMILES string of the molecule is CCCNC(Cc1cc(F)ccc1Br)c1ncccc1Br. The second-order valence-corrected chi connectivity index (χ2v) is 6.53. The van der Waals surface area contributed by atoms with Gasteiger partial charge in [-0.05, 0) is 71.2 Å². The predicted octanol–water partition coefficient (Wildman–Crippen LogP) is 5.03. The lowest BCUT2D eigenvalue weighted by Gasteiger charge is -2.20. The van der Waals surface area contributed by atoms with Gasteiger partial charge in [0.05, 0.1) is 11.7 Å². The zero-order valence-electron chi connectivity index (χ0n) is 11.7. The highest BCUT2D eigenvalue weighted by Crippen LogP contribution is 2.27. The van der Waals surface area contributed by atoms with Crippen molar-refractivity contribution in [2.45, 2.75) is 25.8 Å². The van der Waals surface area contributed by atoms with Gasteiger partial charge in [-0.1, -0.05) is 22.9 Å². The number of halogens is 3. The molecule has 0 saturated carbocycles. The first-order valence-corrected chi connectivity index (χ1v) is 8.48. The monoisotopic (exact) mass is 414 g/mol. The third-order valence-corrected chi connectivity index (χ3v) is 4.63. The van der Waals surface area contributed by atoms with Gasteiger partial charge in [0.25, 0.3) is 0 Å². The van der Waals surface area contributed by atoms with Crippen molar-refractivity contribution in [1.82, 2.24) is 10.3 Å². The molecule has 1 heterocycles. The van der Waals surface area contributed by atoms with Crippen LogP contribution >= 0.6 is 31.9 Å². The lowest BCUT2D eigenvalue weighted by molar-refractivity contribution is 0.513. The molecule has 0 saturated heterocycles. The van der Waals surface area contributed by atoms with E-state index in [1.165, 1.54) is 6.07 Å². The molecule has 2 nitrogen and oxygen atoms in total. The summed E-state index contributed by atoms with van der Waals surface area (Å²) in [6.07, 6.45) is 3.49. The fraction of sp³-hybridized carbons (Fsp3) is 0.312. The van der Waals surface area contributed by atoms with Gasteiger partial charge in [0, 0.05) is 15.1 Å². The first kappa shape index (κ1) is 16.6. The van der Waals surface area contributed by atoms with Crippen LogP contribution < -0.4 is 5.32 Å². The summed E-state index contributed by atoms with van der Waals surface area (Å²) in [7, 11) is 0. The van der Waals surface area contributed by atoms with E-state index in [9.17, 15) is 4.39 Å². The summed E-state index contributed by atoms with van der Waals surface area (Å²) >= 11 is 7.04. The molecule has 1 aromatic heterocycles. The van der Waals surface area contributed by atoms with E-state index in [0.717, 1.165) is 33.2 Å². The van der Waals surface area contributed by atoms with Crippen molar-refractivity contribution in [3.8, 4) is 0 Å². The third-order valence-electron chi connectivity index (χ3n) is 3.19. The zero-order valence-corrected chi connectivity index (χ0v) is 14.9. The topological polar surface area (TPSA) is 24.9 Å². The molecular formula is C16H17Br2FN2. The molecule has 112 valence electrons. The van der Waals surface area contributed by atoms with E-state index >= 15 is 0 Å². The van der Waals surface area contributed by atoms with Crippen LogP contribution in [0.1, 0.15) is 30.6 Å². The maximum Gasteiger partial charge on any atom is 0.123 e. The minimum Gasteiger partial charge on any atom is -0.308 e. The van der Waals surface area contributed by atoms with Crippen molar-refractivity contribution in [2.75, 3.05) is 6.54 Å². The van der Waals surface area contributed by atoms with Crippen LogP contribution in [0.3, 0.4) is 0 Å². The van der Waals surface area contributed by atoms with Crippen molar-refractivity contribution >= 4 is 31.9 Å². The first-order valence-electron chi connectivity index (χ1n) is 6.89. The minimum absolute atomic E-state index is 0.0404. The van der Waals surface area contributed by atoms with E-state index in [2.05, 4.69) is 49.1 Å². The highest BCUT2D eigenvalue weighted by molar-refractivity contribution is 9.10. The maximum absolute atomic E-state index is 13.5. The van der Waals surface area contributed by atoms with Crippen LogP contribution in [0.2, 0.25) is 0 Å². The predicted molar refractivity (Wildman–Crippen MR) is 90.8 cm³/mol. The van der Waals surface area contributed by atoms with Gasteiger partial charge in [0.1, 0.15) is 5.82 Å². The van der Waals surface area contributed by atoms with Gasteiger partial charge in [0.2, 0.25) is 0 Å². The molecule has 0 aliphatic carbocycles. The summed E-state index contributed by atoms with van der Waals surface area (Å²) in [4.78, 5) is 4.46. The van der Waals surface area contributed by atoms with E-state index in [-0.39, 0.29) is 11.9 Å². The van der Waals surface area contributed by atoms with Gasteiger partial charge in [-0.15, -0.1) is 0 Å². The Kier molecular flexibility index (Phi) is 6.33. The molecule has 0 spiro atoms. The fourth-order valence-electron chi connectivity index (χ4n) is 2.16. The Bertz CT molecular complexity index is 605. The molecule has 5 heteroatoms. The number of rotatable bonds is 6. The van der Waals surface area contributed by atoms with Gasteiger partial charge in [-0.25, -0.2) is 4.39 Å². The molecule has 1 atom stereocenters. The number of hydrogen-bond donors (Lipinski definition) is 1. The van der Waals surface area contributed by atoms with E-state index in [1.54, 1.807) is 18.3 Å². The standard InChI is InChI=1S/C16H17Br2FN2/c1-2-7-20-15(16-14(18)4-3-8-21-16)10-11-9-12(19)5-6-13(11)17/h3-6,8-9,15,20H,2,7,10H2,1H3. The average molecular weight is 416 g/mol. The van der Waals surface area contributed by atoms with Crippen LogP contribution in [0.25, 0.3) is 0 Å². The van der Waals surface area contributed by atoms with Crippen LogP contribution in [-0.4, -0.2) is 11.5 Å². The van der Waals surface area contributed by atoms with Crippen LogP contribution in [-0.2, 0) is 6.42 Å². The average Bonchev–Trinajstić information content (AvgIpc) is 2.48. The van der Waals surface area contributed by atoms with E-state index in [0.29, 0.717) is 6.42 Å². The second kappa shape index (κ2) is 8.01. The minimum atomic E-state index is -0.220. The highest BCUT2D eigenvalue weighted by Gasteiger charge is 2.17. The van der Waals surface area contributed by atoms with Gasteiger partial charge in [0.15, 0.2) is 0 Å². The van der Waals surface area contributed by atoms with Crippen LogP contribution in [0.15, 0.2) is 45.5 Å². The Balaban J connectivity index is 2.28. The summed E-state index contributed by atoms with van der Waals surface area (Å²) < 4.78 is 15.3. The molecule has 2 rings (SSSR count). The summed E-state index contributed by atoms with van der Waals surface area (Å²) in [5.74, 6) is -0.220. The molecule has 2 aromatic rings. The Morgan fingerprint density at radius 2 is 2.05 bits per heavy atom. The second-order valence-electron chi connectivity index (χ2n) is 4.82. The number of benzene rings is 1. The largest absolute Gasteiger partial charge is 0.308 e. The van der Waals surface area contributed by atoms with Gasteiger partial charge < -0.3 is 5.32 Å². The normalized spacial score (nSPS) is 12.4. The number of hydrogen-bond acceptors (Lipinski definition) is 2. The molecule has 0 amide bonds. The summed E-state index contributed by atoms with van der Waals surface area (Å²) in [6, 6.07) is 8.68. The summed E-state index contributed by atoms with van der Waals surface area (Å²) in [5, 5.41) is 3.49. The van der Waals surface area contributed by atoms with Crippen LogP contribution in [0.5, 0.6) is 0 Å². The Labute approximate surface area is 141 Å².